The minimum absolute atomic E-state index is 0.326. The Morgan fingerprint density at radius 3 is 2.56 bits per heavy atom. The highest BCUT2D eigenvalue weighted by molar-refractivity contribution is 7.54. The van der Waals surface area contributed by atoms with Crippen LogP contribution in [-0.4, -0.2) is 19.1 Å². The molecule has 98 valence electrons. The molecule has 1 heterocycles. The molecule has 1 aromatic carbocycles. The average molecular weight is 268 g/mol. The van der Waals surface area contributed by atoms with Crippen LogP contribution < -0.4 is 4.74 Å². The molecule has 0 amide bonds. The first-order valence-electron chi connectivity index (χ1n) is 6.02. The van der Waals surface area contributed by atoms with Gasteiger partial charge in [0, 0.05) is 5.56 Å². The van der Waals surface area contributed by atoms with E-state index in [1.165, 1.54) is 0 Å². The minimum atomic E-state index is -3.26. The fraction of sp³-hybridized carbons (Fsp3) is 0.385. The number of fused-ring (bicyclic) bond motifs is 1. The van der Waals surface area contributed by atoms with Crippen molar-refractivity contribution in [1.82, 2.24) is 0 Å². The molecule has 0 radical (unpaired) electrons. The molecule has 0 bridgehead atoms. The Kier molecular flexibility index (Phi) is 4.23. The van der Waals surface area contributed by atoms with Gasteiger partial charge in [-0.25, -0.2) is 0 Å². The summed E-state index contributed by atoms with van der Waals surface area (Å²) in [6.45, 7) is 4.22. The van der Waals surface area contributed by atoms with Crippen molar-refractivity contribution in [2.24, 2.45) is 0 Å². The molecule has 1 atom stereocenters. The lowest BCUT2D eigenvalue weighted by molar-refractivity contribution is 0.176. The Balaban J connectivity index is 2.24. The Morgan fingerprint density at radius 2 is 1.89 bits per heavy atom. The smallest absolute Gasteiger partial charge is 0.374 e. The zero-order valence-corrected chi connectivity index (χ0v) is 11.4. The lowest BCUT2D eigenvalue weighted by Crippen LogP contribution is -2.20. The monoisotopic (exact) mass is 268 g/mol. The maximum atomic E-state index is 12.6. The molecule has 0 N–H and O–H groups in total. The predicted molar refractivity (Wildman–Crippen MR) is 70.8 cm³/mol. The Bertz CT molecular complexity index is 474. The lowest BCUT2D eigenvalue weighted by Gasteiger charge is -2.27. The molecular weight excluding hydrogens is 251 g/mol. The average Bonchev–Trinajstić information content (AvgIpc) is 2.39. The molecular formula is C13H17O4P. The van der Waals surface area contributed by atoms with Crippen LogP contribution in [0.5, 0.6) is 5.75 Å². The molecule has 0 saturated heterocycles. The van der Waals surface area contributed by atoms with Crippen molar-refractivity contribution in [3.63, 3.8) is 0 Å². The zero-order valence-electron chi connectivity index (χ0n) is 10.5. The summed E-state index contributed by atoms with van der Waals surface area (Å²) in [5.74, 6) is 0.0249. The highest BCUT2D eigenvalue weighted by Gasteiger charge is 2.37. The summed E-state index contributed by atoms with van der Waals surface area (Å²) in [4.78, 5) is 0. The first-order valence-corrected chi connectivity index (χ1v) is 7.63. The standard InChI is InChI=1S/C13H17O4P/c1-3-15-18(14,16-4-2)13-10-9-11-7-5-6-8-12(11)17-13/h5-10,13H,3-4H2,1-2H3. The molecule has 1 aliphatic rings. The van der Waals surface area contributed by atoms with Gasteiger partial charge in [0.2, 0.25) is 5.85 Å². The van der Waals surface area contributed by atoms with Gasteiger partial charge in [-0.05, 0) is 26.0 Å². The Hall–Kier alpha value is -1.09. The second kappa shape index (κ2) is 5.70. The summed E-state index contributed by atoms with van der Waals surface area (Å²) in [6.07, 6.45) is 3.61. The van der Waals surface area contributed by atoms with E-state index in [4.69, 9.17) is 13.8 Å². The molecule has 1 unspecified atom stereocenters. The topological polar surface area (TPSA) is 44.8 Å². The Morgan fingerprint density at radius 1 is 1.22 bits per heavy atom. The van der Waals surface area contributed by atoms with Crippen LogP contribution in [0, 0.1) is 0 Å². The molecule has 0 fully saturated rings. The van der Waals surface area contributed by atoms with Crippen LogP contribution in [0.1, 0.15) is 19.4 Å². The van der Waals surface area contributed by atoms with Crippen molar-refractivity contribution in [2.45, 2.75) is 19.7 Å². The third kappa shape index (κ3) is 2.66. The van der Waals surface area contributed by atoms with E-state index in [-0.39, 0.29) is 0 Å². The van der Waals surface area contributed by atoms with Gasteiger partial charge >= 0.3 is 7.60 Å². The lowest BCUT2D eigenvalue weighted by atomic mass is 10.1. The SMILES string of the molecule is CCOP(=O)(OCC)C1C=Cc2ccccc2O1. The summed E-state index contributed by atoms with van der Waals surface area (Å²) < 4.78 is 28.8. The summed E-state index contributed by atoms with van der Waals surface area (Å²) in [7, 11) is -3.26. The highest BCUT2D eigenvalue weighted by atomic mass is 31.2. The maximum absolute atomic E-state index is 12.6. The normalized spacial score (nSPS) is 18.2. The van der Waals surface area contributed by atoms with Crippen LogP contribution in [0.4, 0.5) is 0 Å². The molecule has 0 saturated carbocycles. The minimum Gasteiger partial charge on any atom is -0.473 e. The highest BCUT2D eigenvalue weighted by Crippen LogP contribution is 2.55. The van der Waals surface area contributed by atoms with E-state index in [0.29, 0.717) is 19.0 Å². The second-order valence-corrected chi connectivity index (χ2v) is 5.89. The van der Waals surface area contributed by atoms with Crippen LogP contribution >= 0.6 is 7.60 Å². The maximum Gasteiger partial charge on any atom is 0.374 e. The molecule has 2 rings (SSSR count). The fourth-order valence-corrected chi connectivity index (χ4v) is 3.42. The van der Waals surface area contributed by atoms with Crippen molar-refractivity contribution < 1.29 is 18.3 Å². The quantitative estimate of drug-likeness (QED) is 0.764. The van der Waals surface area contributed by atoms with Crippen molar-refractivity contribution in [3.05, 3.63) is 35.9 Å². The van der Waals surface area contributed by atoms with Gasteiger partial charge in [0.25, 0.3) is 0 Å². The molecule has 5 heteroatoms. The number of para-hydroxylation sites is 1. The van der Waals surface area contributed by atoms with Crippen LogP contribution in [0.3, 0.4) is 0 Å². The number of rotatable bonds is 5. The van der Waals surface area contributed by atoms with Gasteiger partial charge in [0.05, 0.1) is 13.2 Å². The van der Waals surface area contributed by atoms with Crippen LogP contribution in [-0.2, 0) is 13.6 Å². The van der Waals surface area contributed by atoms with E-state index in [0.717, 1.165) is 5.56 Å². The van der Waals surface area contributed by atoms with Crippen molar-refractivity contribution in [1.29, 1.82) is 0 Å². The van der Waals surface area contributed by atoms with Crippen molar-refractivity contribution in [2.75, 3.05) is 13.2 Å². The molecule has 1 aliphatic heterocycles. The van der Waals surface area contributed by atoms with E-state index in [1.807, 2.05) is 30.3 Å². The van der Waals surface area contributed by atoms with Gasteiger partial charge in [-0.1, -0.05) is 24.3 Å². The van der Waals surface area contributed by atoms with E-state index < -0.39 is 13.4 Å². The van der Waals surface area contributed by atoms with E-state index in [9.17, 15) is 4.57 Å². The van der Waals surface area contributed by atoms with E-state index >= 15 is 0 Å². The van der Waals surface area contributed by atoms with Gasteiger partial charge in [-0.3, -0.25) is 4.57 Å². The van der Waals surface area contributed by atoms with Gasteiger partial charge in [-0.15, -0.1) is 0 Å². The van der Waals surface area contributed by atoms with Crippen molar-refractivity contribution >= 4 is 13.7 Å². The van der Waals surface area contributed by atoms with Crippen LogP contribution in [0.15, 0.2) is 30.3 Å². The molecule has 1 aromatic rings. The van der Waals surface area contributed by atoms with E-state index in [1.54, 1.807) is 19.9 Å². The first-order chi connectivity index (χ1) is 8.69. The van der Waals surface area contributed by atoms with E-state index in [2.05, 4.69) is 0 Å². The van der Waals surface area contributed by atoms with Gasteiger partial charge in [0.1, 0.15) is 5.75 Å². The van der Waals surface area contributed by atoms with Crippen LogP contribution in [0.2, 0.25) is 0 Å². The summed E-state index contributed by atoms with van der Waals surface area (Å²) in [5.41, 5.74) is 0.966. The predicted octanol–water partition coefficient (Wildman–Crippen LogP) is 3.68. The number of hydrogen-bond acceptors (Lipinski definition) is 4. The molecule has 0 aromatic heterocycles. The third-order valence-corrected chi connectivity index (χ3v) is 4.67. The fourth-order valence-electron chi connectivity index (χ4n) is 1.79. The van der Waals surface area contributed by atoms with Gasteiger partial charge in [-0.2, -0.15) is 0 Å². The number of benzene rings is 1. The molecule has 0 spiro atoms. The molecule has 4 nitrogen and oxygen atoms in total. The van der Waals surface area contributed by atoms with Gasteiger partial charge < -0.3 is 13.8 Å². The van der Waals surface area contributed by atoms with Crippen molar-refractivity contribution in [3.8, 4) is 5.75 Å². The third-order valence-electron chi connectivity index (χ3n) is 2.54. The zero-order chi connectivity index (χ0) is 13.0. The second-order valence-electron chi connectivity index (χ2n) is 3.78. The first kappa shape index (κ1) is 13.3. The summed E-state index contributed by atoms with van der Waals surface area (Å²) in [6, 6.07) is 7.58. The molecule has 18 heavy (non-hydrogen) atoms. The van der Waals surface area contributed by atoms with Gasteiger partial charge in [0.15, 0.2) is 0 Å². The summed E-state index contributed by atoms with van der Waals surface area (Å²) in [5, 5.41) is 0. The Labute approximate surface area is 107 Å². The largest absolute Gasteiger partial charge is 0.473 e. The van der Waals surface area contributed by atoms with Crippen LogP contribution in [0.25, 0.3) is 6.08 Å². The summed E-state index contributed by atoms with van der Waals surface area (Å²) >= 11 is 0. The molecule has 0 aliphatic carbocycles. The number of hydrogen-bond donors (Lipinski definition) is 0. The number of ether oxygens (including phenoxy) is 1.